The second-order valence-electron chi connectivity index (χ2n) is 2.78. The second kappa shape index (κ2) is 5.35. The topological polar surface area (TPSA) is 55.0 Å². The predicted octanol–water partition coefficient (Wildman–Crippen LogP) is 1.76. The Kier molecular flexibility index (Phi) is 4.02. The van der Waals surface area contributed by atoms with Gasteiger partial charge in [-0.1, -0.05) is 19.8 Å². The number of nitrogens with one attached hydrogen (secondary N) is 1. The molecule has 1 aromatic rings. The van der Waals surface area contributed by atoms with Crippen LogP contribution < -0.4 is 0 Å². The highest BCUT2D eigenvalue weighted by molar-refractivity contribution is 5.84. The molecule has 0 spiro atoms. The number of unbranched alkanes of at least 4 members (excludes halogenated alkanes) is 2. The zero-order chi connectivity index (χ0) is 9.52. The van der Waals surface area contributed by atoms with Gasteiger partial charge in [0.15, 0.2) is 0 Å². The molecule has 1 rings (SSSR count). The minimum atomic E-state index is -0.374. The van der Waals surface area contributed by atoms with Crippen molar-refractivity contribution in [2.24, 2.45) is 0 Å². The van der Waals surface area contributed by atoms with E-state index in [0.29, 0.717) is 6.61 Å². The van der Waals surface area contributed by atoms with Gasteiger partial charge in [-0.05, 0) is 6.42 Å². The van der Waals surface area contributed by atoms with Gasteiger partial charge in [0.05, 0.1) is 6.61 Å². The summed E-state index contributed by atoms with van der Waals surface area (Å²) >= 11 is 0. The number of aromatic nitrogens is 2. The standard InChI is InChI=1S/C9H14N2O2/c1-2-3-4-7-13-9(12)8-10-5-6-11-8/h5-6H,2-4,7H2,1H3,(H,10,11). The normalized spacial score (nSPS) is 9.92. The number of carbonyl (C=O) groups is 1. The van der Waals surface area contributed by atoms with Crippen molar-refractivity contribution < 1.29 is 9.53 Å². The lowest BCUT2D eigenvalue weighted by Gasteiger charge is -2.00. The van der Waals surface area contributed by atoms with Gasteiger partial charge in [0.2, 0.25) is 5.82 Å². The fraction of sp³-hybridized carbons (Fsp3) is 0.556. The zero-order valence-electron chi connectivity index (χ0n) is 7.75. The predicted molar refractivity (Wildman–Crippen MR) is 48.4 cm³/mol. The van der Waals surface area contributed by atoms with Crippen molar-refractivity contribution in [2.45, 2.75) is 26.2 Å². The van der Waals surface area contributed by atoms with Gasteiger partial charge in [-0.15, -0.1) is 0 Å². The molecule has 13 heavy (non-hydrogen) atoms. The van der Waals surface area contributed by atoms with Gasteiger partial charge in [0.25, 0.3) is 0 Å². The van der Waals surface area contributed by atoms with Crippen LogP contribution in [0.2, 0.25) is 0 Å². The highest BCUT2D eigenvalue weighted by Gasteiger charge is 2.07. The van der Waals surface area contributed by atoms with Gasteiger partial charge in [0, 0.05) is 12.4 Å². The number of carbonyl (C=O) groups excluding carboxylic acids is 1. The first-order chi connectivity index (χ1) is 6.34. The summed E-state index contributed by atoms with van der Waals surface area (Å²) < 4.78 is 4.96. The minimum absolute atomic E-state index is 0.275. The maximum Gasteiger partial charge on any atom is 0.374 e. The number of hydrogen-bond acceptors (Lipinski definition) is 3. The van der Waals surface area contributed by atoms with Gasteiger partial charge in [0.1, 0.15) is 0 Å². The molecule has 0 aromatic carbocycles. The van der Waals surface area contributed by atoms with Crippen LogP contribution in [0.5, 0.6) is 0 Å². The third-order valence-electron chi connectivity index (χ3n) is 1.67. The number of imidazole rings is 1. The Bertz CT molecular complexity index is 244. The number of hydrogen-bond donors (Lipinski definition) is 1. The zero-order valence-corrected chi connectivity index (χ0v) is 7.75. The summed E-state index contributed by atoms with van der Waals surface area (Å²) in [5, 5.41) is 0. The maximum absolute atomic E-state index is 11.2. The van der Waals surface area contributed by atoms with Crippen LogP contribution in [-0.4, -0.2) is 22.5 Å². The number of esters is 1. The lowest BCUT2D eigenvalue weighted by molar-refractivity contribution is 0.0485. The van der Waals surface area contributed by atoms with Crippen LogP contribution in [-0.2, 0) is 4.74 Å². The molecular weight excluding hydrogens is 168 g/mol. The SMILES string of the molecule is CCCCCOC(=O)c1ncc[nH]1. The summed E-state index contributed by atoms with van der Waals surface area (Å²) in [5.41, 5.74) is 0. The Morgan fingerprint density at radius 2 is 2.46 bits per heavy atom. The number of nitrogens with zero attached hydrogens (tertiary/aromatic N) is 1. The summed E-state index contributed by atoms with van der Waals surface area (Å²) in [5.74, 6) is -0.0994. The highest BCUT2D eigenvalue weighted by atomic mass is 16.5. The molecule has 0 saturated carbocycles. The Labute approximate surface area is 77.3 Å². The summed E-state index contributed by atoms with van der Waals surface area (Å²) in [6, 6.07) is 0. The number of H-pyrrole nitrogens is 1. The van der Waals surface area contributed by atoms with E-state index in [1.54, 1.807) is 6.20 Å². The van der Waals surface area contributed by atoms with Gasteiger partial charge >= 0.3 is 5.97 Å². The fourth-order valence-corrected chi connectivity index (χ4v) is 0.962. The van der Waals surface area contributed by atoms with E-state index in [0.717, 1.165) is 19.3 Å². The lowest BCUT2D eigenvalue weighted by Crippen LogP contribution is -2.08. The van der Waals surface area contributed by atoms with E-state index in [1.165, 1.54) is 6.20 Å². The van der Waals surface area contributed by atoms with Crippen molar-refractivity contribution in [3.8, 4) is 0 Å². The molecule has 0 fully saturated rings. The molecule has 0 aliphatic heterocycles. The van der Waals surface area contributed by atoms with E-state index >= 15 is 0 Å². The molecule has 1 aromatic heterocycles. The molecule has 4 heteroatoms. The molecule has 1 N–H and O–H groups in total. The van der Waals surface area contributed by atoms with E-state index in [-0.39, 0.29) is 11.8 Å². The van der Waals surface area contributed by atoms with E-state index in [2.05, 4.69) is 16.9 Å². The van der Waals surface area contributed by atoms with Crippen LogP contribution >= 0.6 is 0 Å². The van der Waals surface area contributed by atoms with E-state index in [9.17, 15) is 4.79 Å². The first-order valence-corrected chi connectivity index (χ1v) is 4.51. The van der Waals surface area contributed by atoms with Crippen LogP contribution in [0.25, 0.3) is 0 Å². The van der Waals surface area contributed by atoms with Crippen molar-refractivity contribution in [3.05, 3.63) is 18.2 Å². The number of aromatic amines is 1. The van der Waals surface area contributed by atoms with Gasteiger partial charge in [-0.2, -0.15) is 0 Å². The molecule has 0 unspecified atom stereocenters. The van der Waals surface area contributed by atoms with E-state index < -0.39 is 0 Å². The lowest BCUT2D eigenvalue weighted by atomic mass is 10.3. The van der Waals surface area contributed by atoms with Crippen molar-refractivity contribution in [2.75, 3.05) is 6.61 Å². The summed E-state index contributed by atoms with van der Waals surface area (Å²) in [7, 11) is 0. The Hall–Kier alpha value is -1.32. The third kappa shape index (κ3) is 3.27. The summed E-state index contributed by atoms with van der Waals surface area (Å²) in [6.45, 7) is 2.59. The van der Waals surface area contributed by atoms with Crippen LogP contribution in [0.15, 0.2) is 12.4 Å². The minimum Gasteiger partial charge on any atom is -0.460 e. The quantitative estimate of drug-likeness (QED) is 0.557. The molecule has 0 saturated heterocycles. The molecular formula is C9H14N2O2. The second-order valence-corrected chi connectivity index (χ2v) is 2.78. The molecule has 0 bridgehead atoms. The van der Waals surface area contributed by atoms with Crippen LogP contribution in [0, 0.1) is 0 Å². The molecule has 0 radical (unpaired) electrons. The average Bonchev–Trinajstić information content (AvgIpc) is 2.65. The molecule has 0 aliphatic rings. The largest absolute Gasteiger partial charge is 0.460 e. The maximum atomic E-state index is 11.2. The van der Waals surface area contributed by atoms with Crippen LogP contribution in [0.3, 0.4) is 0 Å². The summed E-state index contributed by atoms with van der Waals surface area (Å²) in [4.78, 5) is 17.6. The van der Waals surface area contributed by atoms with E-state index in [1.807, 2.05) is 0 Å². The van der Waals surface area contributed by atoms with Crippen molar-refractivity contribution in [1.29, 1.82) is 0 Å². The molecule has 0 amide bonds. The monoisotopic (exact) mass is 182 g/mol. The van der Waals surface area contributed by atoms with Crippen molar-refractivity contribution in [1.82, 2.24) is 9.97 Å². The van der Waals surface area contributed by atoms with Crippen LogP contribution in [0.1, 0.15) is 36.8 Å². The Morgan fingerprint density at radius 3 is 3.08 bits per heavy atom. The molecule has 72 valence electrons. The van der Waals surface area contributed by atoms with Gasteiger partial charge in [-0.3, -0.25) is 0 Å². The number of ether oxygens (including phenoxy) is 1. The third-order valence-corrected chi connectivity index (χ3v) is 1.67. The first kappa shape index (κ1) is 9.77. The van der Waals surface area contributed by atoms with Crippen LogP contribution in [0.4, 0.5) is 0 Å². The molecule has 0 aliphatic carbocycles. The first-order valence-electron chi connectivity index (χ1n) is 4.51. The average molecular weight is 182 g/mol. The smallest absolute Gasteiger partial charge is 0.374 e. The molecule has 0 atom stereocenters. The molecule has 1 heterocycles. The van der Waals surface area contributed by atoms with Gasteiger partial charge in [-0.25, -0.2) is 9.78 Å². The van der Waals surface area contributed by atoms with Gasteiger partial charge < -0.3 is 9.72 Å². The Morgan fingerprint density at radius 1 is 1.62 bits per heavy atom. The van der Waals surface area contributed by atoms with Crippen molar-refractivity contribution in [3.63, 3.8) is 0 Å². The highest BCUT2D eigenvalue weighted by Crippen LogP contribution is 1.97. The number of rotatable bonds is 5. The van der Waals surface area contributed by atoms with Crippen molar-refractivity contribution >= 4 is 5.97 Å². The fourth-order valence-electron chi connectivity index (χ4n) is 0.962. The summed E-state index contributed by atoms with van der Waals surface area (Å²) in [6.07, 6.45) is 6.26. The van der Waals surface area contributed by atoms with E-state index in [4.69, 9.17) is 4.74 Å². The Balaban J connectivity index is 2.19. The molecule has 4 nitrogen and oxygen atoms in total.